The van der Waals surface area contributed by atoms with Crippen molar-refractivity contribution in [3.8, 4) is 4.75 Å². The average molecular weight is 212 g/mol. The molecule has 1 heterocycles. The molecule has 56 valence electrons. The van der Waals surface area contributed by atoms with E-state index in [0.717, 1.165) is 10.3 Å². The predicted octanol–water partition coefficient (Wildman–Crippen LogP) is 1.30. The molecule has 11 heavy (non-hydrogen) atoms. The molecule has 2 aromatic rings. The second kappa shape index (κ2) is 2.68. The Balaban J connectivity index is 2.69. The van der Waals surface area contributed by atoms with Gasteiger partial charge in [-0.25, -0.2) is 0 Å². The molecule has 0 amide bonds. The van der Waals surface area contributed by atoms with Gasteiger partial charge in [0.1, 0.15) is 0 Å². The van der Waals surface area contributed by atoms with E-state index < -0.39 is 0 Å². The molecule has 0 radical (unpaired) electrons. The molecule has 0 bridgehead atoms. The van der Waals surface area contributed by atoms with Gasteiger partial charge in [0.05, 0.1) is 0 Å². The number of aromatic nitrogens is 1. The van der Waals surface area contributed by atoms with Gasteiger partial charge in [0.25, 0.3) is 0 Å². The third-order valence-corrected chi connectivity index (χ3v) is 3.54. The van der Waals surface area contributed by atoms with E-state index in [1.165, 1.54) is 4.26 Å². The Morgan fingerprint density at radius 2 is 2.18 bits per heavy atom. The van der Waals surface area contributed by atoms with Crippen LogP contribution in [0.5, 0.6) is 4.75 Å². The second-order valence-corrected chi connectivity index (χ2v) is 4.24. The van der Waals surface area contributed by atoms with Crippen LogP contribution in [0, 0.1) is 0 Å². The fourth-order valence-electron chi connectivity index (χ4n) is 0.938. The van der Waals surface area contributed by atoms with Crippen molar-refractivity contribution in [3.63, 3.8) is 0 Å². The molecule has 1 aromatic heterocycles. The molecule has 0 saturated carbocycles. The Bertz CT molecular complexity index is 336. The summed E-state index contributed by atoms with van der Waals surface area (Å²) < 4.78 is 7.26. The third-order valence-electron chi connectivity index (χ3n) is 1.45. The number of fused-ring (bicyclic) bond motifs is 1. The van der Waals surface area contributed by atoms with Crippen molar-refractivity contribution in [2.75, 3.05) is 7.11 Å². The molecule has 0 spiro atoms. The van der Waals surface area contributed by atoms with Gasteiger partial charge in [0.2, 0.25) is 0 Å². The molecule has 0 saturated heterocycles. The molecule has 0 aliphatic rings. The van der Waals surface area contributed by atoms with Gasteiger partial charge in [0.15, 0.2) is 0 Å². The summed E-state index contributed by atoms with van der Waals surface area (Å²) in [6, 6.07) is 8.15. The standard InChI is InChI=1S/C8H7NOSe/c1-10-8-9-6-4-2-3-5-7(6)11-8/h2-5H,1H3. The van der Waals surface area contributed by atoms with Crippen LogP contribution in [-0.4, -0.2) is 26.6 Å². The van der Waals surface area contributed by atoms with Crippen LogP contribution in [0.4, 0.5) is 0 Å². The molecule has 0 fully saturated rings. The van der Waals surface area contributed by atoms with E-state index in [0.29, 0.717) is 14.5 Å². The van der Waals surface area contributed by atoms with Gasteiger partial charge in [-0.05, 0) is 0 Å². The fraction of sp³-hybridized carbons (Fsp3) is 0.125. The number of ether oxygens (including phenoxy) is 1. The third kappa shape index (κ3) is 1.17. The van der Waals surface area contributed by atoms with Gasteiger partial charge >= 0.3 is 70.1 Å². The maximum atomic E-state index is 5.07. The van der Waals surface area contributed by atoms with Gasteiger partial charge in [-0.2, -0.15) is 0 Å². The van der Waals surface area contributed by atoms with Crippen LogP contribution in [0.2, 0.25) is 0 Å². The van der Waals surface area contributed by atoms with Gasteiger partial charge in [-0.15, -0.1) is 0 Å². The van der Waals surface area contributed by atoms with E-state index in [4.69, 9.17) is 4.74 Å². The van der Waals surface area contributed by atoms with E-state index in [1.807, 2.05) is 18.2 Å². The molecule has 0 aliphatic heterocycles. The molecule has 1 aromatic carbocycles. The molecule has 3 heteroatoms. The van der Waals surface area contributed by atoms with Crippen LogP contribution in [0.3, 0.4) is 0 Å². The SMILES string of the molecule is COc1nc2ccccc2[se]1. The van der Waals surface area contributed by atoms with Crippen molar-refractivity contribution in [2.45, 2.75) is 0 Å². The van der Waals surface area contributed by atoms with Crippen molar-refractivity contribution in [1.29, 1.82) is 0 Å². The van der Waals surface area contributed by atoms with Gasteiger partial charge in [-0.1, -0.05) is 0 Å². The minimum atomic E-state index is 0.297. The number of hydrogen-bond donors (Lipinski definition) is 0. The number of hydrogen-bond acceptors (Lipinski definition) is 2. The van der Waals surface area contributed by atoms with Crippen LogP contribution in [0.25, 0.3) is 9.78 Å². The van der Waals surface area contributed by atoms with Crippen molar-refractivity contribution in [3.05, 3.63) is 24.3 Å². The van der Waals surface area contributed by atoms with Crippen molar-refractivity contribution < 1.29 is 4.74 Å². The first-order chi connectivity index (χ1) is 5.40. The molecule has 0 N–H and O–H groups in total. The second-order valence-electron chi connectivity index (χ2n) is 2.15. The van der Waals surface area contributed by atoms with E-state index >= 15 is 0 Å². The van der Waals surface area contributed by atoms with Crippen LogP contribution in [0.15, 0.2) is 24.3 Å². The summed E-state index contributed by atoms with van der Waals surface area (Å²) >= 11 is 0.297. The number of para-hydroxylation sites is 1. The number of rotatable bonds is 1. The fourth-order valence-corrected chi connectivity index (χ4v) is 2.58. The first-order valence-electron chi connectivity index (χ1n) is 3.30. The van der Waals surface area contributed by atoms with Crippen molar-refractivity contribution in [2.24, 2.45) is 0 Å². The Labute approximate surface area is 70.6 Å². The van der Waals surface area contributed by atoms with E-state index in [2.05, 4.69) is 11.1 Å². The number of methoxy groups -OCH3 is 1. The zero-order chi connectivity index (χ0) is 7.68. The molecule has 2 nitrogen and oxygen atoms in total. The minimum absolute atomic E-state index is 0.297. The summed E-state index contributed by atoms with van der Waals surface area (Å²) in [4.78, 5) is 4.29. The van der Waals surface area contributed by atoms with Crippen LogP contribution in [-0.2, 0) is 0 Å². The van der Waals surface area contributed by atoms with Crippen LogP contribution < -0.4 is 4.74 Å². The Hall–Kier alpha value is -0.791. The summed E-state index contributed by atoms with van der Waals surface area (Å²) in [6.45, 7) is 0. The summed E-state index contributed by atoms with van der Waals surface area (Å²) in [7, 11) is 1.67. The van der Waals surface area contributed by atoms with Crippen LogP contribution >= 0.6 is 0 Å². The Morgan fingerprint density at radius 3 is 2.91 bits per heavy atom. The predicted molar refractivity (Wildman–Crippen MR) is 45.2 cm³/mol. The Morgan fingerprint density at radius 1 is 1.36 bits per heavy atom. The van der Waals surface area contributed by atoms with Crippen molar-refractivity contribution >= 4 is 24.3 Å². The number of nitrogens with zero attached hydrogens (tertiary/aromatic N) is 1. The molecular weight excluding hydrogens is 205 g/mol. The quantitative estimate of drug-likeness (QED) is 0.664. The van der Waals surface area contributed by atoms with Gasteiger partial charge in [-0.3, -0.25) is 0 Å². The summed E-state index contributed by atoms with van der Waals surface area (Å²) in [5, 5.41) is 0. The Kier molecular flexibility index (Phi) is 1.68. The first-order valence-corrected chi connectivity index (χ1v) is 5.01. The maximum absolute atomic E-state index is 5.07. The monoisotopic (exact) mass is 213 g/mol. The molecular formula is C8H7NOSe. The average Bonchev–Trinajstić information content (AvgIpc) is 2.46. The van der Waals surface area contributed by atoms with Gasteiger partial charge < -0.3 is 0 Å². The summed E-state index contributed by atoms with van der Waals surface area (Å²) in [5.41, 5.74) is 1.07. The first kappa shape index (κ1) is 6.89. The van der Waals surface area contributed by atoms with Crippen molar-refractivity contribution in [1.82, 2.24) is 4.98 Å². The van der Waals surface area contributed by atoms with Gasteiger partial charge in [0, 0.05) is 0 Å². The molecule has 0 atom stereocenters. The van der Waals surface area contributed by atoms with E-state index in [9.17, 15) is 0 Å². The molecule has 2 rings (SSSR count). The molecule has 0 unspecified atom stereocenters. The zero-order valence-electron chi connectivity index (χ0n) is 6.07. The summed E-state index contributed by atoms with van der Waals surface area (Å²) in [5.74, 6) is 0. The zero-order valence-corrected chi connectivity index (χ0v) is 7.79. The summed E-state index contributed by atoms with van der Waals surface area (Å²) in [6.07, 6.45) is 0. The van der Waals surface area contributed by atoms with Crippen LogP contribution in [0.1, 0.15) is 0 Å². The number of benzene rings is 1. The van der Waals surface area contributed by atoms with E-state index in [1.54, 1.807) is 7.11 Å². The normalized spacial score (nSPS) is 10.3. The van der Waals surface area contributed by atoms with E-state index in [-0.39, 0.29) is 0 Å². The topological polar surface area (TPSA) is 22.1 Å². The molecule has 0 aliphatic carbocycles.